The lowest BCUT2D eigenvalue weighted by molar-refractivity contribution is 0.628. The van der Waals surface area contributed by atoms with Crippen LogP contribution in [0.4, 0.5) is 10.1 Å². The maximum absolute atomic E-state index is 13.0. The zero-order chi connectivity index (χ0) is 12.4. The van der Waals surface area contributed by atoms with Gasteiger partial charge in [-0.15, -0.1) is 11.3 Å². The summed E-state index contributed by atoms with van der Waals surface area (Å²) in [6, 6.07) is 9.05. The minimum atomic E-state index is -0.392. The van der Waals surface area contributed by atoms with Crippen molar-refractivity contribution in [2.24, 2.45) is 0 Å². The maximum atomic E-state index is 13.0. The molecule has 1 aromatic carbocycles. The van der Waals surface area contributed by atoms with Crippen molar-refractivity contribution in [1.29, 1.82) is 0 Å². The Morgan fingerprint density at radius 2 is 2.06 bits per heavy atom. The van der Waals surface area contributed by atoms with Crippen LogP contribution in [0, 0.1) is 12.7 Å². The molecule has 2 rings (SSSR count). The average Bonchev–Trinajstić information content (AvgIpc) is 2.70. The Morgan fingerprint density at radius 3 is 2.65 bits per heavy atom. The normalized spacial score (nSPS) is 12.5. The number of hydrogen-bond donors (Lipinski definition) is 1. The summed E-state index contributed by atoms with van der Waals surface area (Å²) in [5.41, 5.74) is 0.829. The van der Waals surface area contributed by atoms with E-state index in [4.69, 9.17) is 11.6 Å². The van der Waals surface area contributed by atoms with Gasteiger partial charge in [-0.25, -0.2) is 4.39 Å². The minimum absolute atomic E-state index is 0.143. The van der Waals surface area contributed by atoms with Gasteiger partial charge in [0.25, 0.3) is 0 Å². The minimum Gasteiger partial charge on any atom is -0.378 e. The van der Waals surface area contributed by atoms with Crippen LogP contribution in [-0.2, 0) is 0 Å². The summed E-state index contributed by atoms with van der Waals surface area (Å²) in [6.07, 6.45) is 0. The van der Waals surface area contributed by atoms with Crippen LogP contribution in [-0.4, -0.2) is 0 Å². The van der Waals surface area contributed by atoms with Crippen molar-refractivity contribution < 1.29 is 4.39 Å². The number of benzene rings is 1. The van der Waals surface area contributed by atoms with Gasteiger partial charge in [0, 0.05) is 15.4 Å². The zero-order valence-electron chi connectivity index (χ0n) is 9.63. The molecule has 0 spiro atoms. The van der Waals surface area contributed by atoms with E-state index in [1.165, 1.54) is 15.8 Å². The van der Waals surface area contributed by atoms with E-state index >= 15 is 0 Å². The van der Waals surface area contributed by atoms with Gasteiger partial charge in [-0.2, -0.15) is 0 Å². The van der Waals surface area contributed by atoms with Crippen LogP contribution in [0.3, 0.4) is 0 Å². The number of hydrogen-bond acceptors (Lipinski definition) is 2. The van der Waals surface area contributed by atoms with Gasteiger partial charge in [0.2, 0.25) is 0 Å². The van der Waals surface area contributed by atoms with Crippen molar-refractivity contribution in [1.82, 2.24) is 0 Å². The molecule has 17 heavy (non-hydrogen) atoms. The molecule has 0 fully saturated rings. The van der Waals surface area contributed by atoms with Crippen molar-refractivity contribution in [3.63, 3.8) is 0 Å². The highest BCUT2D eigenvalue weighted by Crippen LogP contribution is 2.27. The Bertz CT molecular complexity index is 524. The molecule has 0 aliphatic rings. The summed E-state index contributed by atoms with van der Waals surface area (Å²) in [6.45, 7) is 4.15. The van der Waals surface area contributed by atoms with Crippen LogP contribution in [0.5, 0.6) is 0 Å². The molecular weight excluding hydrogens is 257 g/mol. The van der Waals surface area contributed by atoms with Crippen molar-refractivity contribution in [3.05, 3.63) is 50.9 Å². The molecular formula is C13H13ClFNS. The highest BCUT2D eigenvalue weighted by atomic mass is 35.5. The second-order valence-electron chi connectivity index (χ2n) is 3.94. The molecule has 1 N–H and O–H groups in total. The van der Waals surface area contributed by atoms with Crippen LogP contribution in [0.2, 0.25) is 5.02 Å². The van der Waals surface area contributed by atoms with Gasteiger partial charge in [-0.05, 0) is 44.2 Å². The van der Waals surface area contributed by atoms with E-state index in [0.29, 0.717) is 0 Å². The first kappa shape index (κ1) is 12.4. The fraction of sp³-hybridized carbons (Fsp3) is 0.231. The predicted molar refractivity (Wildman–Crippen MR) is 72.5 cm³/mol. The van der Waals surface area contributed by atoms with E-state index in [9.17, 15) is 4.39 Å². The lowest BCUT2D eigenvalue weighted by Gasteiger charge is -2.14. The van der Waals surface area contributed by atoms with E-state index in [-0.39, 0.29) is 11.1 Å². The molecule has 0 aliphatic heterocycles. The Morgan fingerprint density at radius 1 is 1.29 bits per heavy atom. The topological polar surface area (TPSA) is 12.0 Å². The fourth-order valence-corrected chi connectivity index (χ4v) is 2.65. The van der Waals surface area contributed by atoms with Crippen LogP contribution in [0.1, 0.15) is 22.7 Å². The monoisotopic (exact) mass is 269 g/mol. The van der Waals surface area contributed by atoms with Crippen LogP contribution >= 0.6 is 22.9 Å². The number of rotatable bonds is 3. The number of aryl methyl sites for hydroxylation is 1. The van der Waals surface area contributed by atoms with Gasteiger partial charge >= 0.3 is 0 Å². The predicted octanol–water partition coefficient (Wildman–Crippen LogP) is 5.02. The summed E-state index contributed by atoms with van der Waals surface area (Å²) < 4.78 is 13.0. The van der Waals surface area contributed by atoms with Gasteiger partial charge in [0.1, 0.15) is 5.82 Å². The number of nitrogens with one attached hydrogen (secondary N) is 1. The fourth-order valence-electron chi connectivity index (χ4n) is 1.59. The second-order valence-corrected chi connectivity index (χ2v) is 5.67. The molecule has 0 amide bonds. The molecule has 2 aromatic rings. The summed E-state index contributed by atoms with van der Waals surface area (Å²) in [5.74, 6) is -0.392. The maximum Gasteiger partial charge on any atom is 0.141 e. The van der Waals surface area contributed by atoms with E-state index in [2.05, 4.69) is 31.3 Å². The lowest BCUT2D eigenvalue weighted by Crippen LogP contribution is -2.04. The smallest absolute Gasteiger partial charge is 0.141 e. The molecule has 1 nitrogen and oxygen atoms in total. The largest absolute Gasteiger partial charge is 0.378 e. The molecule has 0 bridgehead atoms. The SMILES string of the molecule is Cc1ccc(C(C)Nc2ccc(F)c(Cl)c2)s1. The quantitative estimate of drug-likeness (QED) is 0.825. The van der Waals surface area contributed by atoms with Crippen LogP contribution in [0.25, 0.3) is 0 Å². The van der Waals surface area contributed by atoms with Crippen LogP contribution < -0.4 is 5.32 Å². The third-order valence-corrected chi connectivity index (χ3v) is 3.96. The Hall–Kier alpha value is -1.06. The van der Waals surface area contributed by atoms with Crippen molar-refractivity contribution in [3.8, 4) is 0 Å². The van der Waals surface area contributed by atoms with Crippen molar-refractivity contribution >= 4 is 28.6 Å². The van der Waals surface area contributed by atoms with Gasteiger partial charge < -0.3 is 5.32 Å². The first-order chi connectivity index (χ1) is 8.06. The van der Waals surface area contributed by atoms with E-state index in [0.717, 1.165) is 5.69 Å². The standard InChI is InChI=1S/C13H13ClFNS/c1-8-3-6-13(17-8)9(2)16-10-4-5-12(15)11(14)7-10/h3-7,9,16H,1-2H3. The van der Waals surface area contributed by atoms with Gasteiger partial charge in [-0.3, -0.25) is 0 Å². The molecule has 0 saturated heterocycles. The number of anilines is 1. The highest BCUT2D eigenvalue weighted by Gasteiger charge is 2.08. The third kappa shape index (κ3) is 2.99. The van der Waals surface area contributed by atoms with Crippen LogP contribution in [0.15, 0.2) is 30.3 Å². The zero-order valence-corrected chi connectivity index (χ0v) is 11.2. The van der Waals surface area contributed by atoms with E-state index in [1.54, 1.807) is 23.5 Å². The lowest BCUT2D eigenvalue weighted by atomic mass is 10.2. The van der Waals surface area contributed by atoms with E-state index in [1.807, 2.05) is 0 Å². The molecule has 1 unspecified atom stereocenters. The average molecular weight is 270 g/mol. The molecule has 1 heterocycles. The number of halogens is 2. The van der Waals surface area contributed by atoms with E-state index < -0.39 is 5.82 Å². The first-order valence-electron chi connectivity index (χ1n) is 5.34. The van der Waals surface area contributed by atoms with Gasteiger partial charge in [0.15, 0.2) is 0 Å². The second kappa shape index (κ2) is 5.07. The van der Waals surface area contributed by atoms with Gasteiger partial charge in [0.05, 0.1) is 11.1 Å². The van der Waals surface area contributed by atoms with Crippen molar-refractivity contribution in [2.75, 3.05) is 5.32 Å². The molecule has 1 atom stereocenters. The van der Waals surface area contributed by atoms with Crippen molar-refractivity contribution in [2.45, 2.75) is 19.9 Å². The molecule has 1 aromatic heterocycles. The Kier molecular flexibility index (Phi) is 3.69. The van der Waals surface area contributed by atoms with Gasteiger partial charge in [-0.1, -0.05) is 11.6 Å². The molecule has 0 saturated carbocycles. The summed E-state index contributed by atoms with van der Waals surface area (Å²) >= 11 is 7.49. The Labute approximate surface area is 109 Å². The summed E-state index contributed by atoms with van der Waals surface area (Å²) in [5, 5.41) is 3.44. The molecule has 90 valence electrons. The molecule has 0 radical (unpaired) electrons. The third-order valence-electron chi connectivity index (χ3n) is 2.49. The summed E-state index contributed by atoms with van der Waals surface area (Å²) in [7, 11) is 0. The molecule has 0 aliphatic carbocycles. The number of thiophene rings is 1. The summed E-state index contributed by atoms with van der Waals surface area (Å²) in [4.78, 5) is 2.54. The Balaban J connectivity index is 2.12. The molecule has 4 heteroatoms. The first-order valence-corrected chi connectivity index (χ1v) is 6.53. The highest BCUT2D eigenvalue weighted by molar-refractivity contribution is 7.12.